The van der Waals surface area contributed by atoms with Crippen molar-refractivity contribution in [3.05, 3.63) is 83.1 Å². The van der Waals surface area contributed by atoms with Gasteiger partial charge < -0.3 is 24.4 Å². The second kappa shape index (κ2) is 13.4. The summed E-state index contributed by atoms with van der Waals surface area (Å²) in [6.45, 7) is 5.55. The number of carbonyl (C=O) groups is 1. The Morgan fingerprint density at radius 1 is 1.09 bits per heavy atom. The van der Waals surface area contributed by atoms with Gasteiger partial charge in [-0.3, -0.25) is 4.79 Å². The van der Waals surface area contributed by atoms with E-state index in [1.54, 1.807) is 50.4 Å². The van der Waals surface area contributed by atoms with Crippen molar-refractivity contribution in [3.8, 4) is 23.2 Å². The molecule has 4 aromatic rings. The van der Waals surface area contributed by atoms with Crippen molar-refractivity contribution in [3.63, 3.8) is 0 Å². The third kappa shape index (κ3) is 7.46. The van der Waals surface area contributed by atoms with Crippen LogP contribution in [0.15, 0.2) is 66.9 Å². The monoisotopic (exact) mass is 670 g/mol. The van der Waals surface area contributed by atoms with E-state index in [4.69, 9.17) is 25.8 Å². The third-order valence-electron chi connectivity index (χ3n) is 8.45. The number of aromatic nitrogens is 4. The second-order valence-electron chi connectivity index (χ2n) is 11.8. The molecule has 14 heteroatoms. The van der Waals surface area contributed by atoms with E-state index in [1.165, 1.54) is 28.9 Å². The molecule has 6 rings (SSSR count). The van der Waals surface area contributed by atoms with Crippen LogP contribution in [0.4, 0.5) is 19.1 Å². The Morgan fingerprint density at radius 3 is 2.51 bits per heavy atom. The summed E-state index contributed by atoms with van der Waals surface area (Å²) in [4.78, 5) is 23.3. The Kier molecular flexibility index (Phi) is 9.29. The van der Waals surface area contributed by atoms with Crippen LogP contribution >= 0.6 is 11.6 Å². The van der Waals surface area contributed by atoms with Gasteiger partial charge in [0.2, 0.25) is 23.8 Å². The number of carbonyl (C=O) groups excluding carboxylic acids is 1. The molecule has 4 heterocycles. The highest BCUT2D eigenvalue weighted by Crippen LogP contribution is 2.43. The first-order valence-corrected chi connectivity index (χ1v) is 15.7. The molecule has 2 atom stereocenters. The molecule has 0 radical (unpaired) electrons. The van der Waals surface area contributed by atoms with Crippen molar-refractivity contribution in [2.45, 2.75) is 51.4 Å². The number of piperidine rings is 1. The molecule has 0 aliphatic carbocycles. The molecule has 1 unspecified atom stereocenters. The van der Waals surface area contributed by atoms with Crippen molar-refractivity contribution in [1.29, 1.82) is 0 Å². The number of nitrogens with zero attached hydrogens (tertiary/aromatic N) is 5. The zero-order chi connectivity index (χ0) is 33.2. The predicted molar refractivity (Wildman–Crippen MR) is 168 cm³/mol. The zero-order valence-corrected chi connectivity index (χ0v) is 26.6. The van der Waals surface area contributed by atoms with Gasteiger partial charge >= 0.3 is 12.1 Å². The van der Waals surface area contributed by atoms with Crippen molar-refractivity contribution < 1.29 is 32.2 Å². The van der Waals surface area contributed by atoms with Gasteiger partial charge in [0.1, 0.15) is 11.8 Å². The van der Waals surface area contributed by atoms with Crippen LogP contribution in [0, 0.1) is 12.3 Å². The minimum atomic E-state index is -4.83. The van der Waals surface area contributed by atoms with E-state index >= 15 is 0 Å². The third-order valence-corrected chi connectivity index (χ3v) is 8.69. The smallest absolute Gasteiger partial charge is 0.429 e. The summed E-state index contributed by atoms with van der Waals surface area (Å²) in [5, 5.41) is 7.83. The maximum absolute atomic E-state index is 14.8. The molecule has 0 amide bonds. The Bertz CT molecular complexity index is 1710. The highest BCUT2D eigenvalue weighted by atomic mass is 35.5. The molecule has 47 heavy (non-hydrogen) atoms. The molecule has 0 saturated carbocycles. The minimum absolute atomic E-state index is 0.0290. The molecule has 1 spiro atoms. The Balaban J connectivity index is 1.30. The molecule has 2 fully saturated rings. The van der Waals surface area contributed by atoms with Gasteiger partial charge in [0.25, 0.3) is 0 Å². The van der Waals surface area contributed by atoms with Gasteiger partial charge in [-0.1, -0.05) is 35.9 Å². The lowest BCUT2D eigenvalue weighted by Crippen LogP contribution is -2.42. The highest BCUT2D eigenvalue weighted by molar-refractivity contribution is 6.30. The van der Waals surface area contributed by atoms with E-state index in [2.05, 4.69) is 20.4 Å². The molecule has 1 N–H and O–H groups in total. The molecule has 0 bridgehead atoms. The van der Waals surface area contributed by atoms with Crippen molar-refractivity contribution in [1.82, 2.24) is 25.1 Å². The van der Waals surface area contributed by atoms with Crippen LogP contribution in [0.25, 0.3) is 5.69 Å². The SMILES string of the molecule is CCOC(=O)C1CC2(CCN(c3nc(Oc4ccccc4)cc(O[C@H](c4ccc(Cl)cc4-n4ccc(C)n4)C(F)(F)F)n3)CC2)CN1. The minimum Gasteiger partial charge on any atom is -0.465 e. The fourth-order valence-corrected chi connectivity index (χ4v) is 6.22. The number of nitrogens with one attached hydrogen (secondary N) is 1. The van der Waals surface area contributed by atoms with E-state index in [1.807, 2.05) is 11.0 Å². The normalized spacial score (nSPS) is 18.3. The molecule has 2 aromatic heterocycles. The lowest BCUT2D eigenvalue weighted by atomic mass is 9.76. The van der Waals surface area contributed by atoms with Crippen LogP contribution in [0.5, 0.6) is 17.5 Å². The molecule has 2 aliphatic rings. The summed E-state index contributed by atoms with van der Waals surface area (Å²) in [5.74, 6) is 0.0843. The summed E-state index contributed by atoms with van der Waals surface area (Å²) in [6, 6.07) is 15.4. The number of benzene rings is 2. The first kappa shape index (κ1) is 32.6. The van der Waals surface area contributed by atoms with Gasteiger partial charge in [-0.2, -0.15) is 28.2 Å². The fourth-order valence-electron chi connectivity index (χ4n) is 6.06. The fraction of sp³-hybridized carbons (Fsp3) is 0.394. The number of anilines is 1. The number of aryl methyl sites for hydroxylation is 1. The van der Waals surface area contributed by atoms with Crippen LogP contribution in [0.3, 0.4) is 0 Å². The molecule has 248 valence electrons. The van der Waals surface area contributed by atoms with Crippen LogP contribution in [-0.2, 0) is 9.53 Å². The number of halogens is 4. The number of alkyl halides is 3. The number of esters is 1. The maximum atomic E-state index is 14.8. The van der Waals surface area contributed by atoms with Gasteiger partial charge in [-0.15, -0.1) is 0 Å². The van der Waals surface area contributed by atoms with Crippen LogP contribution in [0.2, 0.25) is 5.02 Å². The van der Waals surface area contributed by atoms with E-state index in [0.29, 0.717) is 44.1 Å². The Labute approximate surface area is 274 Å². The van der Waals surface area contributed by atoms with Gasteiger partial charge in [-0.25, -0.2) is 4.68 Å². The van der Waals surface area contributed by atoms with Crippen LogP contribution in [-0.4, -0.2) is 64.2 Å². The van der Waals surface area contributed by atoms with Crippen LogP contribution in [0.1, 0.15) is 43.5 Å². The molecule has 10 nitrogen and oxygen atoms in total. The number of ether oxygens (including phenoxy) is 3. The quantitative estimate of drug-likeness (QED) is 0.197. The summed E-state index contributed by atoms with van der Waals surface area (Å²) in [7, 11) is 0. The summed E-state index contributed by atoms with van der Waals surface area (Å²) < 4.78 is 62.6. The lowest BCUT2D eigenvalue weighted by molar-refractivity contribution is -0.198. The number of hydrogen-bond acceptors (Lipinski definition) is 9. The average molecular weight is 671 g/mol. The molecular weight excluding hydrogens is 637 g/mol. The van der Waals surface area contributed by atoms with E-state index < -0.39 is 12.3 Å². The largest absolute Gasteiger partial charge is 0.465 e. The van der Waals surface area contributed by atoms with Gasteiger partial charge in [-0.05, 0) is 68.9 Å². The van der Waals surface area contributed by atoms with Crippen molar-refractivity contribution in [2.75, 3.05) is 31.1 Å². The predicted octanol–water partition coefficient (Wildman–Crippen LogP) is 6.61. The van der Waals surface area contributed by atoms with E-state index in [0.717, 1.165) is 12.8 Å². The van der Waals surface area contributed by atoms with Gasteiger partial charge in [0, 0.05) is 36.4 Å². The summed E-state index contributed by atoms with van der Waals surface area (Å²) >= 11 is 6.21. The molecule has 2 aromatic carbocycles. The van der Waals surface area contributed by atoms with E-state index in [-0.39, 0.29) is 51.4 Å². The number of para-hydroxylation sites is 1. The highest BCUT2D eigenvalue weighted by Gasteiger charge is 2.46. The summed E-state index contributed by atoms with van der Waals surface area (Å²) in [6.07, 6.45) is -3.59. The topological polar surface area (TPSA) is 104 Å². The first-order valence-electron chi connectivity index (χ1n) is 15.3. The van der Waals surface area contributed by atoms with E-state index in [9.17, 15) is 18.0 Å². The maximum Gasteiger partial charge on any atom is 0.429 e. The molecule has 2 aliphatic heterocycles. The van der Waals surface area contributed by atoms with Crippen molar-refractivity contribution >= 4 is 23.5 Å². The molecular formula is C33H34ClF3N6O4. The Morgan fingerprint density at radius 2 is 1.83 bits per heavy atom. The Hall–Kier alpha value is -4.36. The van der Waals surface area contributed by atoms with Crippen molar-refractivity contribution in [2.24, 2.45) is 5.41 Å². The number of hydrogen-bond donors (Lipinski definition) is 1. The van der Waals surface area contributed by atoms with Gasteiger partial charge in [0.15, 0.2) is 0 Å². The van der Waals surface area contributed by atoms with Crippen LogP contribution < -0.4 is 19.7 Å². The van der Waals surface area contributed by atoms with Gasteiger partial charge in [0.05, 0.1) is 24.1 Å². The summed E-state index contributed by atoms with van der Waals surface area (Å²) in [5.41, 5.74) is 0.440. The zero-order valence-electron chi connectivity index (χ0n) is 25.8. The molecule has 2 saturated heterocycles. The first-order chi connectivity index (χ1) is 22.5. The average Bonchev–Trinajstić information content (AvgIpc) is 3.67. The second-order valence-corrected chi connectivity index (χ2v) is 12.2. The lowest BCUT2D eigenvalue weighted by Gasteiger charge is -2.39. The standard InChI is InChI=1S/C33H34ClF3N6O4/c1-3-45-30(44)25-19-32(20-38-25)12-15-42(16-13-32)31-39-27(46-23-7-5-4-6-8-23)18-28(40-31)47-29(33(35,36)37)24-10-9-22(34)17-26(24)43-14-11-21(2)41-43/h4-11,14,17-18,25,29,38H,3,12-13,15-16,19-20H2,1-2H3/t25?,29-/m1/s1. The number of rotatable bonds is 9.